The van der Waals surface area contributed by atoms with Crippen molar-refractivity contribution < 1.29 is 22.8 Å². The second-order valence-electron chi connectivity index (χ2n) is 6.85. The summed E-state index contributed by atoms with van der Waals surface area (Å²) in [4.78, 5) is 40.6. The van der Waals surface area contributed by atoms with Crippen LogP contribution in [0.5, 0.6) is 0 Å². The van der Waals surface area contributed by atoms with Crippen molar-refractivity contribution in [2.75, 3.05) is 11.1 Å². The van der Waals surface area contributed by atoms with Crippen LogP contribution in [0.15, 0.2) is 24.8 Å². The maximum atomic E-state index is 13.1. The Labute approximate surface area is 189 Å². The molecular weight excluding hydrogens is 469 g/mol. The molecule has 0 saturated carbocycles. The molecule has 3 N–H and O–H groups in total. The molecule has 0 unspecified atom stereocenters. The number of pyridine rings is 1. The summed E-state index contributed by atoms with van der Waals surface area (Å²) in [6.45, 7) is 3.01. The number of hydrogen-bond donors (Lipinski definition) is 2. The van der Waals surface area contributed by atoms with Gasteiger partial charge in [0.05, 0.1) is 16.8 Å². The summed E-state index contributed by atoms with van der Waals surface area (Å²) in [6, 6.07) is 0.771. The second-order valence-corrected chi connectivity index (χ2v) is 8.29. The van der Waals surface area contributed by atoms with Gasteiger partial charge in [-0.1, -0.05) is 18.5 Å². The van der Waals surface area contributed by atoms with Gasteiger partial charge in [-0.3, -0.25) is 9.59 Å². The largest absolute Gasteiger partial charge is 0.416 e. The monoisotopic (exact) mass is 484 g/mol. The van der Waals surface area contributed by atoms with Gasteiger partial charge < -0.3 is 11.1 Å². The zero-order chi connectivity index (χ0) is 23.6. The molecule has 3 aromatic heterocycles. The zero-order valence-electron chi connectivity index (χ0n) is 16.7. The highest BCUT2D eigenvalue weighted by Gasteiger charge is 2.33. The van der Waals surface area contributed by atoms with Crippen LogP contribution >= 0.6 is 22.9 Å². The number of carbonyl (C=O) groups is 2. The number of ketones is 1. The molecule has 0 spiro atoms. The highest BCUT2D eigenvalue weighted by molar-refractivity contribution is 7.13. The number of hydrogen-bond acceptors (Lipinski definition) is 8. The molecule has 13 heteroatoms. The number of nitrogens with one attached hydrogen (secondary N) is 1. The first kappa shape index (κ1) is 23.5. The van der Waals surface area contributed by atoms with Crippen molar-refractivity contribution in [2.45, 2.75) is 32.4 Å². The van der Waals surface area contributed by atoms with E-state index in [1.807, 2.05) is 0 Å². The maximum Gasteiger partial charge on any atom is 0.416 e. The molecule has 0 bridgehead atoms. The Bertz CT molecular complexity index is 1180. The van der Waals surface area contributed by atoms with E-state index in [9.17, 15) is 22.8 Å². The van der Waals surface area contributed by atoms with Crippen molar-refractivity contribution >= 4 is 46.3 Å². The van der Waals surface area contributed by atoms with E-state index in [4.69, 9.17) is 17.3 Å². The van der Waals surface area contributed by atoms with Crippen LogP contribution < -0.4 is 11.1 Å². The van der Waals surface area contributed by atoms with E-state index < -0.39 is 17.6 Å². The molecule has 168 valence electrons. The first-order chi connectivity index (χ1) is 15.0. The minimum Gasteiger partial charge on any atom is -0.382 e. The summed E-state index contributed by atoms with van der Waals surface area (Å²) in [7, 11) is 0. The summed E-state index contributed by atoms with van der Waals surface area (Å²) in [6.07, 6.45) is -1.11. The standard InChI is InChI=1S/C19H16ClF3N6O2S/c1-8(3-11(30)15-14(20)16(24)28-7-27-15)18-26-6-12(32-18)17(31)29-13-4-10(19(21,22)23)9(2)5-25-13/h4-8H,3H2,1-2H3,(H2,24,27,28)(H,25,29,31)/t8-/m0/s1. The lowest BCUT2D eigenvalue weighted by atomic mass is 10.0. The average Bonchev–Trinajstić information content (AvgIpc) is 3.21. The van der Waals surface area contributed by atoms with Gasteiger partial charge in [0.15, 0.2) is 5.78 Å². The van der Waals surface area contributed by atoms with E-state index >= 15 is 0 Å². The van der Waals surface area contributed by atoms with E-state index in [0.29, 0.717) is 5.01 Å². The third-order valence-corrected chi connectivity index (χ3v) is 5.99. The number of aromatic nitrogens is 4. The number of anilines is 2. The zero-order valence-corrected chi connectivity index (χ0v) is 18.3. The Morgan fingerprint density at radius 1 is 1.22 bits per heavy atom. The van der Waals surface area contributed by atoms with Crippen molar-refractivity contribution in [3.05, 3.63) is 56.5 Å². The normalized spacial score (nSPS) is 12.4. The van der Waals surface area contributed by atoms with Crippen molar-refractivity contribution in [1.29, 1.82) is 0 Å². The van der Waals surface area contributed by atoms with Crippen LogP contribution in [0.1, 0.15) is 55.6 Å². The molecule has 0 radical (unpaired) electrons. The summed E-state index contributed by atoms with van der Waals surface area (Å²) >= 11 is 6.99. The quantitative estimate of drug-likeness (QED) is 0.493. The molecule has 1 atom stereocenters. The number of amides is 1. The van der Waals surface area contributed by atoms with Crippen LogP contribution in [-0.4, -0.2) is 31.6 Å². The van der Waals surface area contributed by atoms with Crippen molar-refractivity contribution in [2.24, 2.45) is 0 Å². The molecule has 32 heavy (non-hydrogen) atoms. The SMILES string of the molecule is Cc1cnc(NC(=O)c2cnc([C@@H](C)CC(=O)c3ncnc(N)c3Cl)s2)cc1C(F)(F)F. The summed E-state index contributed by atoms with van der Waals surface area (Å²) < 4.78 is 39.2. The first-order valence-electron chi connectivity index (χ1n) is 9.07. The molecular formula is C19H16ClF3N6O2S. The number of rotatable bonds is 6. The Balaban J connectivity index is 1.70. The number of nitrogen functional groups attached to an aromatic ring is 1. The van der Waals surface area contributed by atoms with Crippen LogP contribution in [-0.2, 0) is 6.18 Å². The first-order valence-corrected chi connectivity index (χ1v) is 10.3. The van der Waals surface area contributed by atoms with Crippen LogP contribution in [0.3, 0.4) is 0 Å². The fourth-order valence-corrected chi connectivity index (χ4v) is 3.80. The number of aryl methyl sites for hydroxylation is 1. The van der Waals surface area contributed by atoms with Crippen LogP contribution in [0.25, 0.3) is 0 Å². The van der Waals surface area contributed by atoms with Gasteiger partial charge in [0.1, 0.15) is 33.6 Å². The van der Waals surface area contributed by atoms with E-state index in [2.05, 4.69) is 25.3 Å². The number of alkyl halides is 3. The topological polar surface area (TPSA) is 124 Å². The third kappa shape index (κ3) is 5.19. The van der Waals surface area contributed by atoms with Crippen molar-refractivity contribution in [3.63, 3.8) is 0 Å². The van der Waals surface area contributed by atoms with Crippen molar-refractivity contribution in [3.8, 4) is 0 Å². The van der Waals surface area contributed by atoms with Gasteiger partial charge >= 0.3 is 6.18 Å². The minimum absolute atomic E-state index is 0.000788. The molecule has 0 saturated heterocycles. The fourth-order valence-electron chi connectivity index (χ4n) is 2.74. The summed E-state index contributed by atoms with van der Waals surface area (Å²) in [5.74, 6) is -1.66. The van der Waals surface area contributed by atoms with Crippen LogP contribution in [0.4, 0.5) is 24.8 Å². The Hall–Kier alpha value is -3.12. The van der Waals surface area contributed by atoms with Gasteiger partial charge in [-0.05, 0) is 18.6 Å². The Morgan fingerprint density at radius 2 is 1.94 bits per heavy atom. The highest BCUT2D eigenvalue weighted by atomic mass is 35.5. The molecule has 0 fully saturated rings. The third-order valence-electron chi connectivity index (χ3n) is 4.39. The minimum atomic E-state index is -4.57. The molecule has 0 aliphatic heterocycles. The molecule has 8 nitrogen and oxygen atoms in total. The van der Waals surface area contributed by atoms with Crippen LogP contribution in [0, 0.1) is 6.92 Å². The molecule has 0 aliphatic carbocycles. The number of Topliss-reactive ketones (excluding diaryl/α,β-unsaturated/α-hetero) is 1. The fraction of sp³-hybridized carbons (Fsp3) is 0.263. The van der Waals surface area contributed by atoms with E-state index in [0.717, 1.165) is 29.9 Å². The molecule has 3 heterocycles. The molecule has 3 aromatic rings. The molecule has 0 aliphatic rings. The number of nitrogens with zero attached hydrogens (tertiary/aromatic N) is 4. The summed E-state index contributed by atoms with van der Waals surface area (Å²) in [5, 5.41) is 2.78. The van der Waals surface area contributed by atoms with E-state index in [1.165, 1.54) is 13.1 Å². The number of carbonyl (C=O) groups excluding carboxylic acids is 2. The lowest BCUT2D eigenvalue weighted by Crippen LogP contribution is -2.14. The van der Waals surface area contributed by atoms with E-state index in [1.54, 1.807) is 6.92 Å². The van der Waals surface area contributed by atoms with Gasteiger partial charge in [-0.25, -0.2) is 19.9 Å². The number of halogens is 4. The van der Waals surface area contributed by atoms with Gasteiger partial charge in [0.2, 0.25) is 0 Å². The molecule has 1 amide bonds. The highest BCUT2D eigenvalue weighted by Crippen LogP contribution is 2.33. The van der Waals surface area contributed by atoms with Gasteiger partial charge in [0.25, 0.3) is 5.91 Å². The molecule has 0 aromatic carbocycles. The predicted molar refractivity (Wildman–Crippen MR) is 113 cm³/mol. The lowest BCUT2D eigenvalue weighted by Gasteiger charge is -2.11. The molecule has 3 rings (SSSR count). The Kier molecular flexibility index (Phi) is 6.74. The van der Waals surface area contributed by atoms with Gasteiger partial charge in [-0.15, -0.1) is 11.3 Å². The smallest absolute Gasteiger partial charge is 0.382 e. The van der Waals surface area contributed by atoms with Gasteiger partial charge in [-0.2, -0.15) is 13.2 Å². The predicted octanol–water partition coefficient (Wildman–Crippen LogP) is 4.52. The van der Waals surface area contributed by atoms with Crippen LogP contribution in [0.2, 0.25) is 5.02 Å². The van der Waals surface area contributed by atoms with Gasteiger partial charge in [0, 0.05) is 18.5 Å². The van der Waals surface area contributed by atoms with Crippen molar-refractivity contribution in [1.82, 2.24) is 19.9 Å². The number of thiazole rings is 1. The number of nitrogens with two attached hydrogens (primary N) is 1. The average molecular weight is 485 g/mol. The lowest BCUT2D eigenvalue weighted by molar-refractivity contribution is -0.138. The van der Waals surface area contributed by atoms with E-state index in [-0.39, 0.29) is 50.9 Å². The summed E-state index contributed by atoms with van der Waals surface area (Å²) in [5.41, 5.74) is 4.64. The second kappa shape index (κ2) is 9.17. The Morgan fingerprint density at radius 3 is 2.62 bits per heavy atom. The maximum absolute atomic E-state index is 13.1.